The number of carboxylic acids is 1. The summed E-state index contributed by atoms with van der Waals surface area (Å²) in [4.78, 5) is 13.4. The molecule has 0 radical (unpaired) electrons. The van der Waals surface area contributed by atoms with Crippen LogP contribution in [-0.2, 0) is 16.6 Å². The summed E-state index contributed by atoms with van der Waals surface area (Å²) >= 11 is 0. The lowest BCUT2D eigenvalue weighted by atomic mass is 10.2. The molecule has 2 aromatic carbocycles. The molecular weight excluding hydrogens is 347 g/mol. The molecule has 8 heteroatoms. The second-order valence-electron chi connectivity index (χ2n) is 5.57. The summed E-state index contributed by atoms with van der Waals surface area (Å²) in [6.07, 6.45) is 0. The number of sulfonamides is 1. The lowest BCUT2D eigenvalue weighted by Gasteiger charge is -2.17. The molecule has 0 saturated heterocycles. The summed E-state index contributed by atoms with van der Waals surface area (Å²) in [6.45, 7) is -0.00620. The van der Waals surface area contributed by atoms with Crippen LogP contribution in [0.25, 0.3) is 10.9 Å². The van der Waals surface area contributed by atoms with E-state index in [9.17, 15) is 17.6 Å². The van der Waals surface area contributed by atoms with E-state index in [1.165, 1.54) is 13.1 Å². The van der Waals surface area contributed by atoms with Gasteiger partial charge in [-0.25, -0.2) is 17.6 Å². The average molecular weight is 362 g/mol. The molecule has 130 valence electrons. The third-order valence-electron chi connectivity index (χ3n) is 3.86. The third kappa shape index (κ3) is 3.13. The van der Waals surface area contributed by atoms with Crippen LogP contribution in [-0.4, -0.2) is 35.8 Å². The van der Waals surface area contributed by atoms with Crippen LogP contribution >= 0.6 is 0 Å². The number of H-pyrrole nitrogens is 1. The van der Waals surface area contributed by atoms with Crippen molar-refractivity contribution in [3.63, 3.8) is 0 Å². The Hall–Kier alpha value is -2.71. The van der Waals surface area contributed by atoms with Crippen molar-refractivity contribution >= 4 is 26.9 Å². The number of aromatic amines is 1. The Kier molecular flexibility index (Phi) is 4.32. The van der Waals surface area contributed by atoms with Gasteiger partial charge in [-0.05, 0) is 29.7 Å². The maximum Gasteiger partial charge on any atom is 0.338 e. The molecule has 25 heavy (non-hydrogen) atoms. The first-order valence-corrected chi connectivity index (χ1v) is 8.79. The monoisotopic (exact) mass is 362 g/mol. The lowest BCUT2D eigenvalue weighted by molar-refractivity contribution is 0.0691. The molecule has 3 rings (SSSR count). The zero-order valence-corrected chi connectivity index (χ0v) is 14.0. The molecule has 1 aromatic heterocycles. The largest absolute Gasteiger partial charge is 0.478 e. The highest BCUT2D eigenvalue weighted by atomic mass is 32.2. The Balaban J connectivity index is 1.94. The quantitative estimate of drug-likeness (QED) is 0.730. The number of para-hydroxylation sites is 1. The molecule has 3 aromatic rings. The number of hydrogen-bond acceptors (Lipinski definition) is 3. The summed E-state index contributed by atoms with van der Waals surface area (Å²) in [5.74, 6) is -2.79. The summed E-state index contributed by atoms with van der Waals surface area (Å²) < 4.78 is 40.5. The van der Waals surface area contributed by atoms with Crippen molar-refractivity contribution in [2.24, 2.45) is 0 Å². The van der Waals surface area contributed by atoms with E-state index in [0.717, 1.165) is 27.3 Å². The predicted molar refractivity (Wildman–Crippen MR) is 90.3 cm³/mol. The van der Waals surface area contributed by atoms with Gasteiger partial charge in [0, 0.05) is 18.3 Å². The fraction of sp³-hybridized carbons (Fsp3) is 0.118. The molecule has 0 fully saturated rings. The van der Waals surface area contributed by atoms with Crippen LogP contribution in [0, 0.1) is 5.82 Å². The van der Waals surface area contributed by atoms with Crippen LogP contribution in [0.15, 0.2) is 53.4 Å². The van der Waals surface area contributed by atoms with Crippen LogP contribution in [0.2, 0.25) is 0 Å². The van der Waals surface area contributed by atoms with E-state index in [4.69, 9.17) is 5.11 Å². The van der Waals surface area contributed by atoms with Gasteiger partial charge in [-0.15, -0.1) is 0 Å². The molecule has 2 N–H and O–H groups in total. The minimum Gasteiger partial charge on any atom is -0.478 e. The summed E-state index contributed by atoms with van der Waals surface area (Å²) in [5.41, 5.74) is 0.824. The van der Waals surface area contributed by atoms with Crippen molar-refractivity contribution in [1.82, 2.24) is 9.29 Å². The minimum absolute atomic E-state index is 0.00620. The number of fused-ring (bicyclic) bond motifs is 1. The summed E-state index contributed by atoms with van der Waals surface area (Å²) in [7, 11) is -2.87. The van der Waals surface area contributed by atoms with Gasteiger partial charge in [0.15, 0.2) is 5.82 Å². The molecule has 0 aliphatic heterocycles. The van der Waals surface area contributed by atoms with Gasteiger partial charge < -0.3 is 10.1 Å². The Morgan fingerprint density at radius 1 is 1.20 bits per heavy atom. The standard InChI is InChI=1S/C17H15FN2O4S/c1-20(10-12-9-11-5-2-3-7-14(11)19-12)25(23,24)15-8-4-6-13(16(15)18)17(21)22/h2-9,19H,10H2,1H3,(H,21,22). The van der Waals surface area contributed by atoms with E-state index < -0.39 is 32.3 Å². The molecule has 0 atom stereocenters. The van der Waals surface area contributed by atoms with Crippen molar-refractivity contribution in [3.8, 4) is 0 Å². The molecule has 0 amide bonds. The fourth-order valence-electron chi connectivity index (χ4n) is 2.59. The Labute approximate surface area is 143 Å². The topological polar surface area (TPSA) is 90.5 Å². The Morgan fingerprint density at radius 2 is 1.92 bits per heavy atom. The Morgan fingerprint density at radius 3 is 2.60 bits per heavy atom. The number of halogens is 1. The second kappa shape index (κ2) is 6.30. The number of aromatic nitrogens is 1. The molecule has 0 spiro atoms. The van der Waals surface area contributed by atoms with Crippen LogP contribution < -0.4 is 0 Å². The van der Waals surface area contributed by atoms with Crippen LogP contribution in [0.3, 0.4) is 0 Å². The third-order valence-corrected chi connectivity index (χ3v) is 5.68. The van der Waals surface area contributed by atoms with E-state index >= 15 is 0 Å². The summed E-state index contributed by atoms with van der Waals surface area (Å²) in [5, 5.41) is 9.89. The van der Waals surface area contributed by atoms with Gasteiger partial charge in [0.25, 0.3) is 0 Å². The summed E-state index contributed by atoms with van der Waals surface area (Å²) in [6, 6.07) is 12.6. The number of nitrogens with zero attached hydrogens (tertiary/aromatic N) is 1. The van der Waals surface area contributed by atoms with E-state index in [0.29, 0.717) is 5.69 Å². The van der Waals surface area contributed by atoms with Gasteiger partial charge in [-0.2, -0.15) is 4.31 Å². The maximum atomic E-state index is 14.3. The first-order valence-electron chi connectivity index (χ1n) is 7.35. The molecule has 0 bridgehead atoms. The second-order valence-corrected chi connectivity index (χ2v) is 7.58. The van der Waals surface area contributed by atoms with Crippen molar-refractivity contribution in [2.75, 3.05) is 7.05 Å². The molecule has 0 aliphatic rings. The number of hydrogen-bond donors (Lipinski definition) is 2. The number of nitrogens with one attached hydrogen (secondary N) is 1. The normalized spacial score (nSPS) is 12.0. The number of rotatable bonds is 5. The highest BCUT2D eigenvalue weighted by Gasteiger charge is 2.27. The number of aromatic carboxylic acids is 1. The first-order chi connectivity index (χ1) is 11.8. The highest BCUT2D eigenvalue weighted by molar-refractivity contribution is 7.89. The number of benzene rings is 2. The molecular formula is C17H15FN2O4S. The number of carboxylic acid groups (broad SMARTS) is 1. The van der Waals surface area contributed by atoms with Crippen molar-refractivity contribution in [3.05, 3.63) is 65.6 Å². The highest BCUT2D eigenvalue weighted by Crippen LogP contribution is 2.23. The van der Waals surface area contributed by atoms with E-state index in [1.807, 2.05) is 30.3 Å². The van der Waals surface area contributed by atoms with Gasteiger partial charge in [0.1, 0.15) is 4.90 Å². The van der Waals surface area contributed by atoms with Gasteiger partial charge in [-0.3, -0.25) is 0 Å². The van der Waals surface area contributed by atoms with Crippen molar-refractivity contribution < 1.29 is 22.7 Å². The molecule has 6 nitrogen and oxygen atoms in total. The predicted octanol–water partition coefficient (Wildman–Crippen LogP) is 2.83. The van der Waals surface area contributed by atoms with Crippen LogP contribution in [0.5, 0.6) is 0 Å². The van der Waals surface area contributed by atoms with Gasteiger partial charge in [0.05, 0.1) is 12.1 Å². The van der Waals surface area contributed by atoms with E-state index in [1.54, 1.807) is 0 Å². The first kappa shape index (κ1) is 17.1. The zero-order valence-electron chi connectivity index (χ0n) is 13.2. The van der Waals surface area contributed by atoms with E-state index in [-0.39, 0.29) is 6.54 Å². The van der Waals surface area contributed by atoms with Gasteiger partial charge in [0.2, 0.25) is 10.0 Å². The maximum absolute atomic E-state index is 14.3. The lowest BCUT2D eigenvalue weighted by Crippen LogP contribution is -2.28. The average Bonchev–Trinajstić information content (AvgIpc) is 2.96. The smallest absolute Gasteiger partial charge is 0.338 e. The molecule has 0 unspecified atom stereocenters. The van der Waals surface area contributed by atoms with Crippen LogP contribution in [0.1, 0.15) is 16.1 Å². The SMILES string of the molecule is CN(Cc1cc2ccccc2[nH]1)S(=O)(=O)c1cccc(C(=O)O)c1F. The van der Waals surface area contributed by atoms with Gasteiger partial charge in [-0.1, -0.05) is 24.3 Å². The van der Waals surface area contributed by atoms with Crippen LogP contribution in [0.4, 0.5) is 4.39 Å². The zero-order chi connectivity index (χ0) is 18.2. The van der Waals surface area contributed by atoms with Gasteiger partial charge >= 0.3 is 5.97 Å². The Bertz CT molecular complexity index is 1030. The number of carbonyl (C=O) groups is 1. The fourth-order valence-corrected chi connectivity index (χ4v) is 3.82. The molecule has 0 aliphatic carbocycles. The molecule has 1 heterocycles. The van der Waals surface area contributed by atoms with E-state index in [2.05, 4.69) is 4.98 Å². The minimum atomic E-state index is -4.19. The van der Waals surface area contributed by atoms with Crippen molar-refractivity contribution in [1.29, 1.82) is 0 Å². The van der Waals surface area contributed by atoms with Crippen molar-refractivity contribution in [2.45, 2.75) is 11.4 Å². The molecule has 0 saturated carbocycles.